The molecule has 0 aliphatic heterocycles. The van der Waals surface area contributed by atoms with E-state index in [9.17, 15) is 14.9 Å². The van der Waals surface area contributed by atoms with Crippen LogP contribution in [0.4, 0.5) is 0 Å². The van der Waals surface area contributed by atoms with E-state index >= 15 is 0 Å². The van der Waals surface area contributed by atoms with E-state index in [1.54, 1.807) is 44.4 Å². The van der Waals surface area contributed by atoms with Crippen LogP contribution >= 0.6 is 0 Å². The number of nitrogens with one attached hydrogen (secondary N) is 1. The second-order valence-corrected chi connectivity index (χ2v) is 6.49. The number of esters is 1. The van der Waals surface area contributed by atoms with Gasteiger partial charge in [0.2, 0.25) is 0 Å². The van der Waals surface area contributed by atoms with Gasteiger partial charge >= 0.3 is 5.97 Å². The number of para-hydroxylation sites is 1. The molecule has 0 aliphatic carbocycles. The van der Waals surface area contributed by atoms with E-state index in [0.717, 1.165) is 11.0 Å². The lowest BCUT2D eigenvalue weighted by Crippen LogP contribution is -2.31. The van der Waals surface area contributed by atoms with Crippen LogP contribution in [0.1, 0.15) is 24.3 Å². The van der Waals surface area contributed by atoms with Gasteiger partial charge in [-0.25, -0.2) is 4.79 Å². The number of hydrogen-bond acceptors (Lipinski definition) is 6. The molecule has 2 aromatic carbocycles. The SMILES string of the molecule is COc1ccc(/C=C(\C#N)C(=O)OCC(=O)N[C@@H](C)c2cc3ccccc3o2)cc1. The van der Waals surface area contributed by atoms with Crippen LogP contribution in [0.2, 0.25) is 0 Å². The smallest absolute Gasteiger partial charge is 0.349 e. The molecule has 152 valence electrons. The summed E-state index contributed by atoms with van der Waals surface area (Å²) in [5.74, 6) is -0.130. The number of methoxy groups -OCH3 is 1. The van der Waals surface area contributed by atoms with Crippen molar-refractivity contribution in [1.82, 2.24) is 5.32 Å². The van der Waals surface area contributed by atoms with Crippen molar-refractivity contribution in [3.63, 3.8) is 0 Å². The molecule has 0 radical (unpaired) electrons. The van der Waals surface area contributed by atoms with Crippen molar-refractivity contribution < 1.29 is 23.5 Å². The van der Waals surface area contributed by atoms with Gasteiger partial charge in [-0.15, -0.1) is 0 Å². The van der Waals surface area contributed by atoms with Crippen molar-refractivity contribution in [1.29, 1.82) is 5.26 Å². The summed E-state index contributed by atoms with van der Waals surface area (Å²) in [7, 11) is 1.54. The summed E-state index contributed by atoms with van der Waals surface area (Å²) >= 11 is 0. The van der Waals surface area contributed by atoms with Crippen molar-refractivity contribution in [2.75, 3.05) is 13.7 Å². The van der Waals surface area contributed by atoms with Crippen LogP contribution in [0.3, 0.4) is 0 Å². The molecule has 0 spiro atoms. The average molecular weight is 404 g/mol. The van der Waals surface area contributed by atoms with E-state index in [1.807, 2.05) is 30.3 Å². The van der Waals surface area contributed by atoms with Crippen molar-refractivity contribution in [3.8, 4) is 11.8 Å². The number of ether oxygens (including phenoxy) is 2. The highest BCUT2D eigenvalue weighted by molar-refractivity contribution is 5.98. The van der Waals surface area contributed by atoms with E-state index in [4.69, 9.17) is 13.9 Å². The Bertz CT molecular complexity index is 1090. The zero-order valence-electron chi connectivity index (χ0n) is 16.5. The van der Waals surface area contributed by atoms with Gasteiger partial charge in [-0.3, -0.25) is 4.79 Å². The Morgan fingerprint density at radius 1 is 1.20 bits per heavy atom. The third-order valence-corrected chi connectivity index (χ3v) is 4.35. The summed E-state index contributed by atoms with van der Waals surface area (Å²) in [5, 5.41) is 12.9. The molecule has 3 aromatic rings. The second kappa shape index (κ2) is 9.43. The minimum absolute atomic E-state index is 0.210. The van der Waals surface area contributed by atoms with Crippen molar-refractivity contribution >= 4 is 28.9 Å². The molecule has 3 rings (SSSR count). The number of amides is 1. The van der Waals surface area contributed by atoms with Crippen molar-refractivity contribution in [2.24, 2.45) is 0 Å². The molecule has 7 nitrogen and oxygen atoms in total. The first-order valence-electron chi connectivity index (χ1n) is 9.21. The molecule has 0 unspecified atom stereocenters. The van der Waals surface area contributed by atoms with Crippen LogP contribution in [-0.2, 0) is 14.3 Å². The first-order chi connectivity index (χ1) is 14.5. The van der Waals surface area contributed by atoms with Gasteiger partial charge in [0.25, 0.3) is 5.91 Å². The number of fused-ring (bicyclic) bond motifs is 1. The summed E-state index contributed by atoms with van der Waals surface area (Å²) in [6, 6.07) is 17.6. The molecular weight excluding hydrogens is 384 g/mol. The monoisotopic (exact) mass is 404 g/mol. The van der Waals surface area contributed by atoms with Gasteiger partial charge < -0.3 is 19.2 Å². The van der Waals surface area contributed by atoms with E-state index in [2.05, 4.69) is 5.32 Å². The fraction of sp³-hybridized carbons (Fsp3) is 0.174. The lowest BCUT2D eigenvalue weighted by molar-refractivity contribution is -0.144. The second-order valence-electron chi connectivity index (χ2n) is 6.49. The summed E-state index contributed by atoms with van der Waals surface area (Å²) in [4.78, 5) is 24.3. The number of benzene rings is 2. The summed E-state index contributed by atoms with van der Waals surface area (Å²) in [5.41, 5.74) is 1.15. The quantitative estimate of drug-likeness (QED) is 0.365. The Balaban J connectivity index is 1.56. The average Bonchev–Trinajstić information content (AvgIpc) is 3.21. The fourth-order valence-corrected chi connectivity index (χ4v) is 2.78. The standard InChI is InChI=1S/C23H20N2O5/c1-15(21-12-17-5-3-4-6-20(17)30-21)25-22(26)14-29-23(27)18(13-24)11-16-7-9-19(28-2)10-8-16/h3-12,15H,14H2,1-2H3,(H,25,26)/b18-11+/t15-/m0/s1. The van der Waals surface area contributed by atoms with Crippen molar-refractivity contribution in [3.05, 3.63) is 71.5 Å². The highest BCUT2D eigenvalue weighted by atomic mass is 16.5. The minimum atomic E-state index is -0.875. The van der Waals surface area contributed by atoms with Crippen molar-refractivity contribution in [2.45, 2.75) is 13.0 Å². The maximum Gasteiger partial charge on any atom is 0.349 e. The molecule has 30 heavy (non-hydrogen) atoms. The Kier molecular flexibility index (Phi) is 6.50. The molecule has 1 aromatic heterocycles. The molecular formula is C23H20N2O5. The molecule has 1 atom stereocenters. The van der Waals surface area contributed by atoms with Crippen LogP contribution < -0.4 is 10.1 Å². The van der Waals surface area contributed by atoms with Gasteiger partial charge in [0.15, 0.2) is 6.61 Å². The molecule has 0 aliphatic rings. The number of carbonyl (C=O) groups excluding carboxylic acids is 2. The van der Waals surface area contributed by atoms with Gasteiger partial charge in [0.05, 0.1) is 13.2 Å². The molecule has 0 bridgehead atoms. The first-order valence-corrected chi connectivity index (χ1v) is 9.21. The van der Waals surface area contributed by atoms with Crippen LogP contribution in [0.5, 0.6) is 5.75 Å². The Hall–Kier alpha value is -4.05. The number of nitriles is 1. The van der Waals surface area contributed by atoms with Gasteiger partial charge in [-0.05, 0) is 42.8 Å². The van der Waals surface area contributed by atoms with E-state index in [0.29, 0.717) is 17.1 Å². The first kappa shape index (κ1) is 20.7. The van der Waals surface area contributed by atoms with Gasteiger partial charge in [-0.1, -0.05) is 30.3 Å². The highest BCUT2D eigenvalue weighted by Crippen LogP contribution is 2.23. The number of rotatable bonds is 7. The Morgan fingerprint density at radius 3 is 2.60 bits per heavy atom. The number of carbonyl (C=O) groups is 2. The molecule has 1 amide bonds. The summed E-state index contributed by atoms with van der Waals surface area (Å²) in [6.45, 7) is 1.26. The molecule has 0 saturated heterocycles. The third kappa shape index (κ3) is 5.06. The normalized spacial score (nSPS) is 12.1. The molecule has 0 fully saturated rings. The number of nitrogens with zero attached hydrogens (tertiary/aromatic N) is 1. The van der Waals surface area contributed by atoms with E-state index in [1.165, 1.54) is 6.08 Å². The maximum atomic E-state index is 12.1. The molecule has 1 N–H and O–H groups in total. The number of hydrogen-bond donors (Lipinski definition) is 1. The van der Waals surface area contributed by atoms with E-state index < -0.39 is 24.5 Å². The minimum Gasteiger partial charge on any atom is -0.497 e. The maximum absolute atomic E-state index is 12.1. The van der Waals surface area contributed by atoms with Gasteiger partial charge in [0.1, 0.15) is 28.7 Å². The van der Waals surface area contributed by atoms with Crippen LogP contribution in [0.25, 0.3) is 17.0 Å². The summed E-state index contributed by atoms with van der Waals surface area (Å²) < 4.78 is 15.7. The zero-order chi connectivity index (χ0) is 21.5. The number of furan rings is 1. The Labute approximate surface area is 173 Å². The fourth-order valence-electron chi connectivity index (χ4n) is 2.78. The predicted octanol–water partition coefficient (Wildman–Crippen LogP) is 3.77. The van der Waals surface area contributed by atoms with Gasteiger partial charge in [0, 0.05) is 5.39 Å². The summed E-state index contributed by atoms with van der Waals surface area (Å²) in [6.07, 6.45) is 1.39. The molecule has 7 heteroatoms. The molecule has 0 saturated carbocycles. The van der Waals surface area contributed by atoms with Gasteiger partial charge in [-0.2, -0.15) is 5.26 Å². The lowest BCUT2D eigenvalue weighted by atomic mass is 10.1. The lowest BCUT2D eigenvalue weighted by Gasteiger charge is -2.11. The van der Waals surface area contributed by atoms with Crippen LogP contribution in [-0.4, -0.2) is 25.6 Å². The Morgan fingerprint density at radius 2 is 1.93 bits per heavy atom. The third-order valence-electron chi connectivity index (χ3n) is 4.35. The zero-order valence-corrected chi connectivity index (χ0v) is 16.5. The predicted molar refractivity (Wildman–Crippen MR) is 110 cm³/mol. The highest BCUT2D eigenvalue weighted by Gasteiger charge is 2.17. The molecule has 1 heterocycles. The largest absolute Gasteiger partial charge is 0.497 e. The van der Waals surface area contributed by atoms with Crippen LogP contribution in [0, 0.1) is 11.3 Å². The topological polar surface area (TPSA) is 102 Å². The van der Waals surface area contributed by atoms with Crippen LogP contribution in [0.15, 0.2) is 64.6 Å². The van der Waals surface area contributed by atoms with E-state index in [-0.39, 0.29) is 5.57 Å².